The molecule has 0 bridgehead atoms. The van der Waals surface area contributed by atoms with E-state index >= 15 is 0 Å². The molecule has 0 radical (unpaired) electrons. The van der Waals surface area contributed by atoms with Crippen LogP contribution in [-0.4, -0.2) is 39.3 Å². The summed E-state index contributed by atoms with van der Waals surface area (Å²) in [7, 11) is 0. The summed E-state index contributed by atoms with van der Waals surface area (Å²) in [5, 5.41) is 11.9. The van der Waals surface area contributed by atoms with Gasteiger partial charge in [-0.15, -0.1) is 6.42 Å². The molecular formula is C22H45N3Zr. The van der Waals surface area contributed by atoms with Crippen LogP contribution >= 0.6 is 0 Å². The molecule has 0 amide bonds. The number of rotatable bonds is 7. The molecule has 0 N–H and O–H groups in total. The van der Waals surface area contributed by atoms with E-state index in [0.29, 0.717) is 5.41 Å². The predicted octanol–water partition coefficient (Wildman–Crippen LogP) is 7.31. The van der Waals surface area contributed by atoms with E-state index in [9.17, 15) is 0 Å². The molecule has 0 unspecified atom stereocenters. The van der Waals surface area contributed by atoms with Crippen LogP contribution in [0.25, 0.3) is 16.0 Å². The summed E-state index contributed by atoms with van der Waals surface area (Å²) in [5.41, 5.74) is 1.80. The summed E-state index contributed by atoms with van der Waals surface area (Å²) < 4.78 is 0. The number of hydrogen-bond acceptors (Lipinski definition) is 0. The molecule has 0 saturated heterocycles. The average molecular weight is 443 g/mol. The molecule has 0 fully saturated rings. The summed E-state index contributed by atoms with van der Waals surface area (Å²) in [6.45, 7) is 24.9. The van der Waals surface area contributed by atoms with Crippen molar-refractivity contribution in [3.63, 3.8) is 0 Å². The zero-order valence-electron chi connectivity index (χ0n) is 19.2. The number of nitrogens with zero attached hydrogens (tertiary/aromatic N) is 3. The molecule has 4 heteroatoms. The molecule has 1 aliphatic carbocycles. The quantitative estimate of drug-likeness (QED) is 0.371. The second kappa shape index (κ2) is 27.5. The Hall–Kier alpha value is 0.243. The monoisotopic (exact) mass is 441 g/mol. The van der Waals surface area contributed by atoms with Crippen molar-refractivity contribution in [2.24, 2.45) is 5.41 Å². The first kappa shape index (κ1) is 33.8. The van der Waals surface area contributed by atoms with Crippen LogP contribution in [0.2, 0.25) is 0 Å². The van der Waals surface area contributed by atoms with Crippen LogP contribution in [0.15, 0.2) is 17.7 Å². The van der Waals surface area contributed by atoms with E-state index < -0.39 is 0 Å². The fourth-order valence-electron chi connectivity index (χ4n) is 1.81. The first-order chi connectivity index (χ1) is 11.8. The van der Waals surface area contributed by atoms with Gasteiger partial charge in [0.15, 0.2) is 0 Å². The normalized spacial score (nSPS) is 11.7. The second-order valence-corrected chi connectivity index (χ2v) is 6.61. The van der Waals surface area contributed by atoms with Gasteiger partial charge in [0.25, 0.3) is 0 Å². The molecule has 1 rings (SSSR count). The van der Waals surface area contributed by atoms with Crippen LogP contribution in [0.1, 0.15) is 75.2 Å². The van der Waals surface area contributed by atoms with Crippen LogP contribution in [-0.2, 0) is 26.2 Å². The van der Waals surface area contributed by atoms with E-state index in [1.54, 1.807) is 0 Å². The van der Waals surface area contributed by atoms with Crippen molar-refractivity contribution in [3.8, 4) is 0 Å². The van der Waals surface area contributed by atoms with E-state index in [2.05, 4.69) is 54.9 Å². The van der Waals surface area contributed by atoms with Gasteiger partial charge in [-0.25, -0.2) is 11.6 Å². The van der Waals surface area contributed by atoms with Gasteiger partial charge in [-0.05, 0) is 5.41 Å². The number of allylic oxidation sites excluding steroid dienone is 4. The van der Waals surface area contributed by atoms with Crippen LogP contribution in [0.3, 0.4) is 0 Å². The maximum absolute atomic E-state index is 3.97. The Balaban J connectivity index is -0.000000132. The molecule has 0 spiro atoms. The standard InChI is InChI=1S/C10H15.3C4H10N.Zr/c1-10(2,3)8-9-6-4-5-7-9;3*1-3-5-4-2;/h4,6H,5,8H2,1-3H3;3*3-4H2,1-2H3;/q4*-1;+4. The minimum atomic E-state index is 0. The van der Waals surface area contributed by atoms with Crippen molar-refractivity contribution in [3.05, 3.63) is 39.8 Å². The molecule has 0 aromatic rings. The molecule has 1 aliphatic rings. The Morgan fingerprint density at radius 3 is 1.27 bits per heavy atom. The van der Waals surface area contributed by atoms with E-state index in [1.807, 2.05) is 41.5 Å². The largest absolute Gasteiger partial charge is 4.00 e. The fraction of sp³-hybridized carbons (Fsp3) is 0.818. The SMILES string of the molecule is CC(C)(C)CC1=[C-]CC=C1.CC[N-]CC.CC[N-]CC.CC[N-]CC.[Zr+4]. The summed E-state index contributed by atoms with van der Waals surface area (Å²) in [6.07, 6.45) is 9.85. The van der Waals surface area contributed by atoms with Crippen LogP contribution < -0.4 is 0 Å². The summed E-state index contributed by atoms with van der Waals surface area (Å²) >= 11 is 0. The Morgan fingerprint density at radius 2 is 1.12 bits per heavy atom. The smallest absolute Gasteiger partial charge is 0.663 e. The minimum Gasteiger partial charge on any atom is -0.663 e. The molecular weight excluding hydrogens is 397 g/mol. The van der Waals surface area contributed by atoms with E-state index in [-0.39, 0.29) is 26.2 Å². The van der Waals surface area contributed by atoms with Gasteiger partial charge >= 0.3 is 26.2 Å². The van der Waals surface area contributed by atoms with Crippen LogP contribution in [0.5, 0.6) is 0 Å². The molecule has 0 heterocycles. The number of hydrogen-bond donors (Lipinski definition) is 0. The van der Waals surface area contributed by atoms with Gasteiger partial charge in [0.1, 0.15) is 0 Å². The summed E-state index contributed by atoms with van der Waals surface area (Å²) in [6, 6.07) is 0. The minimum absolute atomic E-state index is 0. The van der Waals surface area contributed by atoms with Gasteiger partial charge in [0, 0.05) is 0 Å². The first-order valence-electron chi connectivity index (χ1n) is 9.98. The third kappa shape index (κ3) is 39.4. The van der Waals surface area contributed by atoms with Gasteiger partial charge < -0.3 is 16.0 Å². The topological polar surface area (TPSA) is 42.3 Å². The molecule has 0 aromatic carbocycles. The van der Waals surface area contributed by atoms with E-state index in [1.165, 1.54) is 5.57 Å². The van der Waals surface area contributed by atoms with E-state index in [4.69, 9.17) is 0 Å². The zero-order chi connectivity index (χ0) is 20.0. The molecule has 0 atom stereocenters. The third-order valence-electron chi connectivity index (χ3n) is 2.83. The zero-order valence-corrected chi connectivity index (χ0v) is 21.6. The van der Waals surface area contributed by atoms with Gasteiger partial charge in [0.05, 0.1) is 0 Å². The third-order valence-corrected chi connectivity index (χ3v) is 2.83. The van der Waals surface area contributed by atoms with Gasteiger partial charge in [0.2, 0.25) is 0 Å². The Labute approximate surface area is 185 Å². The summed E-state index contributed by atoms with van der Waals surface area (Å²) in [4.78, 5) is 0. The summed E-state index contributed by atoms with van der Waals surface area (Å²) in [5.74, 6) is 0. The van der Waals surface area contributed by atoms with Crippen LogP contribution in [0, 0.1) is 11.5 Å². The van der Waals surface area contributed by atoms with E-state index in [0.717, 1.165) is 52.1 Å². The maximum atomic E-state index is 3.97. The molecule has 26 heavy (non-hydrogen) atoms. The second-order valence-electron chi connectivity index (χ2n) is 6.61. The van der Waals surface area contributed by atoms with Gasteiger partial charge in [-0.2, -0.15) is 45.3 Å². The molecule has 0 saturated carbocycles. The van der Waals surface area contributed by atoms with Gasteiger partial charge in [-0.1, -0.05) is 68.7 Å². The molecule has 0 aromatic heterocycles. The van der Waals surface area contributed by atoms with Crippen molar-refractivity contribution < 1.29 is 26.2 Å². The first-order valence-corrected chi connectivity index (χ1v) is 9.98. The Morgan fingerprint density at radius 1 is 0.769 bits per heavy atom. The molecule has 0 aliphatic heterocycles. The maximum Gasteiger partial charge on any atom is 4.00 e. The van der Waals surface area contributed by atoms with Crippen LogP contribution in [0.4, 0.5) is 0 Å². The van der Waals surface area contributed by atoms with Gasteiger partial charge in [-0.3, -0.25) is 6.08 Å². The average Bonchev–Trinajstić information content (AvgIpc) is 3.02. The molecule has 3 nitrogen and oxygen atoms in total. The predicted molar refractivity (Wildman–Crippen MR) is 118 cm³/mol. The Kier molecular flexibility index (Phi) is 35.7. The molecule has 152 valence electrons. The van der Waals surface area contributed by atoms with Crippen molar-refractivity contribution in [1.29, 1.82) is 0 Å². The Bertz CT molecular complexity index is 274. The van der Waals surface area contributed by atoms with Crippen molar-refractivity contribution in [2.45, 2.75) is 75.2 Å². The van der Waals surface area contributed by atoms with Crippen molar-refractivity contribution in [2.75, 3.05) is 39.3 Å². The van der Waals surface area contributed by atoms with Crippen molar-refractivity contribution in [1.82, 2.24) is 0 Å². The van der Waals surface area contributed by atoms with Crippen molar-refractivity contribution >= 4 is 0 Å². The fourth-order valence-corrected chi connectivity index (χ4v) is 1.81.